The molecule has 17 heavy (non-hydrogen) atoms. The van der Waals surface area contributed by atoms with Crippen molar-refractivity contribution < 1.29 is 9.66 Å². The second kappa shape index (κ2) is 5.82. The van der Waals surface area contributed by atoms with Crippen LogP contribution in [0.5, 0.6) is 5.75 Å². The highest BCUT2D eigenvalue weighted by Gasteiger charge is 2.16. The van der Waals surface area contributed by atoms with E-state index in [1.165, 1.54) is 6.07 Å². The van der Waals surface area contributed by atoms with Gasteiger partial charge in [-0.2, -0.15) is 5.26 Å². The molecule has 0 spiro atoms. The first-order valence-corrected chi connectivity index (χ1v) is 5.03. The predicted octanol–water partition coefficient (Wildman–Crippen LogP) is 1.39. The summed E-state index contributed by atoms with van der Waals surface area (Å²) in [5, 5.41) is 22.2. The summed E-state index contributed by atoms with van der Waals surface area (Å²) < 4.78 is 5.30. The number of nitriles is 1. The summed E-state index contributed by atoms with van der Waals surface area (Å²) >= 11 is 0. The van der Waals surface area contributed by atoms with Crippen LogP contribution >= 0.6 is 0 Å². The van der Waals surface area contributed by atoms with Crippen LogP contribution in [0.1, 0.15) is 5.56 Å². The van der Waals surface area contributed by atoms with Gasteiger partial charge in [0.2, 0.25) is 0 Å². The number of hydrogen-bond donors (Lipinski definition) is 1. The molecule has 0 aliphatic rings. The van der Waals surface area contributed by atoms with Crippen molar-refractivity contribution in [2.75, 3.05) is 13.7 Å². The van der Waals surface area contributed by atoms with Gasteiger partial charge in [0.1, 0.15) is 12.6 Å². The molecule has 1 unspecified atom stereocenters. The molecule has 0 bridgehead atoms. The Labute approximate surface area is 99.0 Å². The SMILES string of the molecule is CNC(C#N)COc1cc(C)ccc1[N+](=O)[O-]. The minimum atomic E-state index is -0.504. The minimum absolute atomic E-state index is 0.0668. The number of aryl methyl sites for hydroxylation is 1. The van der Waals surface area contributed by atoms with Gasteiger partial charge in [-0.1, -0.05) is 6.07 Å². The van der Waals surface area contributed by atoms with E-state index >= 15 is 0 Å². The Balaban J connectivity index is 2.86. The lowest BCUT2D eigenvalue weighted by Crippen LogP contribution is -2.30. The second-order valence-electron chi connectivity index (χ2n) is 3.51. The highest BCUT2D eigenvalue weighted by molar-refractivity contribution is 5.48. The zero-order valence-electron chi connectivity index (χ0n) is 9.64. The minimum Gasteiger partial charge on any atom is -0.484 e. The first kappa shape index (κ1) is 12.9. The molecular weight excluding hydrogens is 222 g/mol. The third-order valence-corrected chi connectivity index (χ3v) is 2.22. The van der Waals surface area contributed by atoms with Gasteiger partial charge in [-0.05, 0) is 25.6 Å². The average Bonchev–Trinajstić information content (AvgIpc) is 2.30. The molecular formula is C11H13N3O3. The monoisotopic (exact) mass is 235 g/mol. The van der Waals surface area contributed by atoms with Crippen molar-refractivity contribution in [2.24, 2.45) is 0 Å². The van der Waals surface area contributed by atoms with Gasteiger partial charge in [-0.25, -0.2) is 0 Å². The lowest BCUT2D eigenvalue weighted by Gasteiger charge is -2.10. The largest absolute Gasteiger partial charge is 0.484 e. The fourth-order valence-corrected chi connectivity index (χ4v) is 1.25. The standard InChI is InChI=1S/C11H13N3O3/c1-8-3-4-10(14(15)16)11(5-8)17-7-9(6-12)13-2/h3-5,9,13H,7H2,1-2H3. The van der Waals surface area contributed by atoms with Crippen molar-refractivity contribution in [1.29, 1.82) is 5.26 Å². The Morgan fingerprint density at radius 2 is 2.35 bits per heavy atom. The predicted molar refractivity (Wildman–Crippen MR) is 61.8 cm³/mol. The molecule has 1 aromatic carbocycles. The lowest BCUT2D eigenvalue weighted by molar-refractivity contribution is -0.385. The van der Waals surface area contributed by atoms with Crippen molar-refractivity contribution in [1.82, 2.24) is 5.32 Å². The zero-order valence-corrected chi connectivity index (χ0v) is 9.64. The number of likely N-dealkylation sites (N-methyl/N-ethyl adjacent to an activating group) is 1. The van der Waals surface area contributed by atoms with E-state index in [1.54, 1.807) is 19.2 Å². The number of nitrogens with one attached hydrogen (secondary N) is 1. The number of ether oxygens (including phenoxy) is 1. The van der Waals surface area contributed by atoms with Gasteiger partial charge in [0, 0.05) is 6.07 Å². The van der Waals surface area contributed by atoms with E-state index in [2.05, 4.69) is 5.32 Å². The van der Waals surface area contributed by atoms with Gasteiger partial charge >= 0.3 is 5.69 Å². The van der Waals surface area contributed by atoms with E-state index in [1.807, 2.05) is 13.0 Å². The topological polar surface area (TPSA) is 88.2 Å². The molecule has 6 nitrogen and oxygen atoms in total. The highest BCUT2D eigenvalue weighted by atomic mass is 16.6. The highest BCUT2D eigenvalue weighted by Crippen LogP contribution is 2.27. The molecule has 1 aromatic rings. The molecule has 0 saturated carbocycles. The number of nitro benzene ring substituents is 1. The Kier molecular flexibility index (Phi) is 4.43. The Morgan fingerprint density at radius 1 is 1.65 bits per heavy atom. The Hall–Kier alpha value is -2.13. The first-order valence-electron chi connectivity index (χ1n) is 5.03. The van der Waals surface area contributed by atoms with Gasteiger partial charge in [-0.15, -0.1) is 0 Å². The van der Waals surface area contributed by atoms with Crippen LogP contribution in [0.3, 0.4) is 0 Å². The van der Waals surface area contributed by atoms with Gasteiger partial charge < -0.3 is 10.1 Å². The molecule has 0 aliphatic carbocycles. The van der Waals surface area contributed by atoms with Gasteiger partial charge in [0.05, 0.1) is 11.0 Å². The summed E-state index contributed by atoms with van der Waals surface area (Å²) in [6.45, 7) is 1.88. The maximum Gasteiger partial charge on any atom is 0.310 e. The summed E-state index contributed by atoms with van der Waals surface area (Å²) in [6.07, 6.45) is 0. The summed E-state index contributed by atoms with van der Waals surface area (Å²) in [4.78, 5) is 10.3. The van der Waals surface area contributed by atoms with E-state index in [9.17, 15) is 10.1 Å². The summed E-state index contributed by atoms with van der Waals surface area (Å²) in [6, 6.07) is 6.11. The van der Waals surface area contributed by atoms with Crippen molar-refractivity contribution in [3.8, 4) is 11.8 Å². The lowest BCUT2D eigenvalue weighted by atomic mass is 10.2. The molecule has 1 atom stereocenters. The molecule has 0 amide bonds. The molecule has 90 valence electrons. The van der Waals surface area contributed by atoms with Crippen LogP contribution in [0, 0.1) is 28.4 Å². The number of benzene rings is 1. The third-order valence-electron chi connectivity index (χ3n) is 2.22. The van der Waals surface area contributed by atoms with Crippen molar-refractivity contribution >= 4 is 5.69 Å². The van der Waals surface area contributed by atoms with Gasteiger partial charge in [0.15, 0.2) is 5.75 Å². The molecule has 0 radical (unpaired) electrons. The van der Waals surface area contributed by atoms with Gasteiger partial charge in [0.25, 0.3) is 0 Å². The number of rotatable bonds is 5. The van der Waals surface area contributed by atoms with Crippen LogP contribution in [0.2, 0.25) is 0 Å². The van der Waals surface area contributed by atoms with Crippen LogP contribution in [0.25, 0.3) is 0 Å². The molecule has 1 rings (SSSR count). The molecule has 0 fully saturated rings. The quantitative estimate of drug-likeness (QED) is 0.615. The summed E-state index contributed by atoms with van der Waals surface area (Å²) in [5.74, 6) is 0.186. The van der Waals surface area contributed by atoms with Crippen molar-refractivity contribution in [2.45, 2.75) is 13.0 Å². The van der Waals surface area contributed by atoms with E-state index < -0.39 is 11.0 Å². The van der Waals surface area contributed by atoms with Crippen LogP contribution in [0.15, 0.2) is 18.2 Å². The van der Waals surface area contributed by atoms with Crippen LogP contribution in [0.4, 0.5) is 5.69 Å². The van der Waals surface area contributed by atoms with E-state index in [-0.39, 0.29) is 18.0 Å². The summed E-state index contributed by atoms with van der Waals surface area (Å²) in [7, 11) is 1.63. The summed E-state index contributed by atoms with van der Waals surface area (Å²) in [5.41, 5.74) is 0.770. The molecule has 1 N–H and O–H groups in total. The Morgan fingerprint density at radius 3 is 2.88 bits per heavy atom. The number of nitrogens with zero attached hydrogens (tertiary/aromatic N) is 2. The Bertz CT molecular complexity index is 454. The number of hydrogen-bond acceptors (Lipinski definition) is 5. The molecule has 0 aliphatic heterocycles. The van der Waals surface area contributed by atoms with Crippen LogP contribution in [-0.4, -0.2) is 24.6 Å². The first-order chi connectivity index (χ1) is 8.08. The zero-order chi connectivity index (χ0) is 12.8. The van der Waals surface area contributed by atoms with E-state index in [0.717, 1.165) is 5.56 Å². The number of nitro groups is 1. The van der Waals surface area contributed by atoms with Crippen LogP contribution < -0.4 is 10.1 Å². The average molecular weight is 235 g/mol. The maximum absolute atomic E-state index is 10.8. The van der Waals surface area contributed by atoms with E-state index in [0.29, 0.717) is 0 Å². The third kappa shape index (κ3) is 3.43. The molecule has 0 heterocycles. The molecule has 0 saturated heterocycles. The van der Waals surface area contributed by atoms with Crippen molar-refractivity contribution in [3.05, 3.63) is 33.9 Å². The van der Waals surface area contributed by atoms with Crippen LogP contribution in [-0.2, 0) is 0 Å². The molecule has 0 aromatic heterocycles. The fourth-order valence-electron chi connectivity index (χ4n) is 1.25. The van der Waals surface area contributed by atoms with Crippen molar-refractivity contribution in [3.63, 3.8) is 0 Å². The normalized spacial score (nSPS) is 11.6. The maximum atomic E-state index is 10.8. The van der Waals surface area contributed by atoms with Gasteiger partial charge in [-0.3, -0.25) is 10.1 Å². The fraction of sp³-hybridized carbons (Fsp3) is 0.364. The molecule has 6 heteroatoms. The smallest absolute Gasteiger partial charge is 0.310 e. The van der Waals surface area contributed by atoms with E-state index in [4.69, 9.17) is 10.00 Å². The second-order valence-corrected chi connectivity index (χ2v) is 3.51.